The van der Waals surface area contributed by atoms with Crippen molar-refractivity contribution in [1.82, 2.24) is 10.6 Å². The summed E-state index contributed by atoms with van der Waals surface area (Å²) in [6.45, 7) is -0.611. The highest BCUT2D eigenvalue weighted by atomic mass is 19.4. The molecule has 4 rings (SSSR count). The van der Waals surface area contributed by atoms with E-state index < -0.39 is 36.1 Å². The number of hydrogen-bond donors (Lipinski definition) is 3. The first-order valence-corrected chi connectivity index (χ1v) is 11.4. The second-order valence-electron chi connectivity index (χ2n) is 9.66. The van der Waals surface area contributed by atoms with Gasteiger partial charge in [-0.05, 0) is 61.5 Å². The number of halogens is 7. The molecule has 0 heterocycles. The highest BCUT2D eigenvalue weighted by molar-refractivity contribution is 5.80. The van der Waals surface area contributed by atoms with E-state index in [4.69, 9.17) is 5.11 Å². The van der Waals surface area contributed by atoms with Crippen LogP contribution in [0.15, 0.2) is 18.2 Å². The molecule has 12 heteroatoms. The van der Waals surface area contributed by atoms with Crippen molar-refractivity contribution in [3.05, 3.63) is 34.9 Å². The van der Waals surface area contributed by atoms with Gasteiger partial charge in [-0.2, -0.15) is 26.3 Å². The van der Waals surface area contributed by atoms with Crippen LogP contribution in [0, 0.1) is 11.8 Å². The topological polar surface area (TPSA) is 78.4 Å². The number of hydrogen-bond acceptors (Lipinski definition) is 3. The van der Waals surface area contributed by atoms with E-state index in [0.717, 1.165) is 6.07 Å². The van der Waals surface area contributed by atoms with Crippen LogP contribution in [0.3, 0.4) is 0 Å². The van der Waals surface area contributed by atoms with Crippen molar-refractivity contribution in [3.8, 4) is 0 Å². The lowest BCUT2D eigenvalue weighted by molar-refractivity contribution is -0.348. The normalized spacial score (nSPS) is 28.5. The van der Waals surface area contributed by atoms with Gasteiger partial charge in [-0.3, -0.25) is 9.59 Å². The summed E-state index contributed by atoms with van der Waals surface area (Å²) in [5.74, 6) is -1.31. The van der Waals surface area contributed by atoms with E-state index in [1.165, 1.54) is 0 Å². The van der Waals surface area contributed by atoms with Crippen molar-refractivity contribution in [2.45, 2.75) is 74.5 Å². The van der Waals surface area contributed by atoms with Gasteiger partial charge in [0.05, 0.1) is 0 Å². The first kappa shape index (κ1) is 25.7. The number of amides is 2. The molecule has 2 amide bonds. The fourth-order valence-electron chi connectivity index (χ4n) is 5.83. The van der Waals surface area contributed by atoms with Crippen LogP contribution < -0.4 is 10.6 Å². The first-order chi connectivity index (χ1) is 16.3. The van der Waals surface area contributed by atoms with Gasteiger partial charge in [-0.15, -0.1) is 0 Å². The lowest BCUT2D eigenvalue weighted by atomic mass is 9.73. The standard InChI is InChI=1S/C23H25F7N2O3/c24-21(22(25,26)27,23(28,29)30)12-2-4-15-11(7-12)1-3-17-16(15)5-6-18(17)20(35)32-14-8-13(9-14)31-19(34)10-33/h2,4,7,13-14,16-18,33H,1,3,5-6,8-10H2,(H,31,34)(H,32,35)/t13?,14?,16-,17+,18+/m0/s1. The summed E-state index contributed by atoms with van der Waals surface area (Å²) in [7, 11) is 0. The van der Waals surface area contributed by atoms with E-state index in [1.807, 2.05) is 0 Å². The summed E-state index contributed by atoms with van der Waals surface area (Å²) in [6, 6.07) is 2.14. The van der Waals surface area contributed by atoms with Crippen LogP contribution >= 0.6 is 0 Å². The molecule has 0 aliphatic heterocycles. The third kappa shape index (κ3) is 4.49. The Hall–Kier alpha value is -2.37. The van der Waals surface area contributed by atoms with E-state index >= 15 is 0 Å². The van der Waals surface area contributed by atoms with Crippen molar-refractivity contribution in [2.75, 3.05) is 6.61 Å². The molecule has 1 aromatic carbocycles. The fraction of sp³-hybridized carbons (Fsp3) is 0.652. The van der Waals surface area contributed by atoms with E-state index in [0.29, 0.717) is 49.8 Å². The Balaban J connectivity index is 1.45. The van der Waals surface area contributed by atoms with Crippen LogP contribution in [0.2, 0.25) is 0 Å². The van der Waals surface area contributed by atoms with Gasteiger partial charge in [0, 0.05) is 23.6 Å². The number of benzene rings is 1. The zero-order chi connectivity index (χ0) is 25.8. The molecule has 3 N–H and O–H groups in total. The summed E-state index contributed by atoms with van der Waals surface area (Å²) in [5, 5.41) is 14.3. The molecule has 194 valence electrons. The summed E-state index contributed by atoms with van der Waals surface area (Å²) >= 11 is 0. The Bertz CT molecular complexity index is 974. The molecule has 0 aromatic heterocycles. The van der Waals surface area contributed by atoms with Crippen LogP contribution in [-0.2, 0) is 21.7 Å². The molecular weight excluding hydrogens is 485 g/mol. The molecule has 3 aliphatic rings. The zero-order valence-corrected chi connectivity index (χ0v) is 18.5. The number of aliphatic hydroxyl groups is 1. The smallest absolute Gasteiger partial charge is 0.387 e. The molecule has 2 saturated carbocycles. The fourth-order valence-corrected chi connectivity index (χ4v) is 5.83. The molecule has 0 saturated heterocycles. The SMILES string of the molecule is O=C(CO)NC1CC(NC(=O)[C@@H]2CC[C@H]3c4ccc(C(F)(C(F)(F)F)C(F)(F)F)cc4CC[C@@H]23)C1. The molecule has 0 spiro atoms. The highest BCUT2D eigenvalue weighted by Crippen LogP contribution is 2.55. The van der Waals surface area contributed by atoms with E-state index in [1.54, 1.807) is 0 Å². The highest BCUT2D eigenvalue weighted by Gasteiger charge is 2.73. The van der Waals surface area contributed by atoms with E-state index in [9.17, 15) is 40.3 Å². The molecule has 0 bridgehead atoms. The average Bonchev–Trinajstić information content (AvgIpc) is 3.19. The maximum Gasteiger partial charge on any atom is 0.435 e. The molecule has 2 fully saturated rings. The van der Waals surface area contributed by atoms with Crippen molar-refractivity contribution >= 4 is 11.8 Å². The number of alkyl halides is 7. The van der Waals surface area contributed by atoms with E-state index in [-0.39, 0.29) is 47.7 Å². The monoisotopic (exact) mass is 510 g/mol. The molecule has 1 aromatic rings. The van der Waals surface area contributed by atoms with Gasteiger partial charge in [0.2, 0.25) is 11.8 Å². The van der Waals surface area contributed by atoms with Crippen molar-refractivity contribution in [1.29, 1.82) is 0 Å². The van der Waals surface area contributed by atoms with Crippen LogP contribution in [0.1, 0.15) is 54.7 Å². The number of nitrogens with one attached hydrogen (secondary N) is 2. The molecule has 3 aliphatic carbocycles. The second-order valence-corrected chi connectivity index (χ2v) is 9.66. The molecular formula is C23H25F7N2O3. The summed E-state index contributed by atoms with van der Waals surface area (Å²) in [6.07, 6.45) is -9.62. The number of aliphatic hydroxyl groups excluding tert-OH is 1. The van der Waals surface area contributed by atoms with Crippen molar-refractivity contribution < 1.29 is 45.4 Å². The lowest BCUT2D eigenvalue weighted by Crippen LogP contribution is -2.55. The Labute approximate surface area is 196 Å². The van der Waals surface area contributed by atoms with Crippen LogP contribution in [0.5, 0.6) is 0 Å². The number of carbonyl (C=O) groups excluding carboxylic acids is 2. The lowest BCUT2D eigenvalue weighted by Gasteiger charge is -2.38. The summed E-state index contributed by atoms with van der Waals surface area (Å²) in [4.78, 5) is 24.1. The largest absolute Gasteiger partial charge is 0.435 e. The average molecular weight is 510 g/mol. The predicted octanol–water partition coefficient (Wildman–Crippen LogP) is 3.79. The van der Waals surface area contributed by atoms with Gasteiger partial charge < -0.3 is 15.7 Å². The van der Waals surface area contributed by atoms with Crippen LogP contribution in [-0.4, -0.2) is 48.0 Å². The van der Waals surface area contributed by atoms with E-state index in [2.05, 4.69) is 10.6 Å². The Morgan fingerprint density at radius 1 is 0.914 bits per heavy atom. The number of fused-ring (bicyclic) bond motifs is 3. The molecule has 0 radical (unpaired) electrons. The van der Waals surface area contributed by atoms with Gasteiger partial charge in [0.25, 0.3) is 0 Å². The minimum absolute atomic E-state index is 0.112. The third-order valence-electron chi connectivity index (χ3n) is 7.62. The second kappa shape index (κ2) is 8.94. The molecule has 5 nitrogen and oxygen atoms in total. The molecule has 35 heavy (non-hydrogen) atoms. The minimum atomic E-state index is -6.16. The summed E-state index contributed by atoms with van der Waals surface area (Å²) in [5.41, 5.74) is -6.11. The van der Waals surface area contributed by atoms with Crippen LogP contribution in [0.4, 0.5) is 30.7 Å². The van der Waals surface area contributed by atoms with Gasteiger partial charge in [-0.25, -0.2) is 4.39 Å². The summed E-state index contributed by atoms with van der Waals surface area (Å²) < 4.78 is 93.4. The minimum Gasteiger partial charge on any atom is -0.387 e. The van der Waals surface area contributed by atoms with Gasteiger partial charge >= 0.3 is 18.0 Å². The predicted molar refractivity (Wildman–Crippen MR) is 109 cm³/mol. The van der Waals surface area contributed by atoms with Gasteiger partial charge in [-0.1, -0.05) is 18.2 Å². The molecule has 0 unspecified atom stereocenters. The number of rotatable bonds is 5. The quantitative estimate of drug-likeness (QED) is 0.528. The Morgan fingerprint density at radius 3 is 2.14 bits per heavy atom. The van der Waals surface area contributed by atoms with Gasteiger partial charge in [0.1, 0.15) is 6.61 Å². The Kier molecular flexibility index (Phi) is 6.56. The third-order valence-corrected chi connectivity index (χ3v) is 7.62. The van der Waals surface area contributed by atoms with Crippen LogP contribution in [0.25, 0.3) is 0 Å². The van der Waals surface area contributed by atoms with Crippen molar-refractivity contribution in [2.24, 2.45) is 11.8 Å². The Morgan fingerprint density at radius 2 is 1.54 bits per heavy atom. The maximum atomic E-state index is 14.5. The molecule has 3 atom stereocenters. The number of aryl methyl sites for hydroxylation is 1. The van der Waals surface area contributed by atoms with Crippen molar-refractivity contribution in [3.63, 3.8) is 0 Å². The maximum absolute atomic E-state index is 14.5. The zero-order valence-electron chi connectivity index (χ0n) is 18.5. The van der Waals surface area contributed by atoms with Gasteiger partial charge in [0.15, 0.2) is 0 Å². The first-order valence-electron chi connectivity index (χ1n) is 11.4. The number of carbonyl (C=O) groups is 2.